The summed E-state index contributed by atoms with van der Waals surface area (Å²) >= 11 is 0. The zero-order chi connectivity index (χ0) is 16.9. The molecule has 0 aromatic carbocycles. The largest absolute Gasteiger partial charge is 0.480 e. The Hall–Kier alpha value is -1.94. The van der Waals surface area contributed by atoms with E-state index in [1.54, 1.807) is 7.05 Å². The van der Waals surface area contributed by atoms with Crippen molar-refractivity contribution in [2.45, 2.75) is 31.2 Å². The van der Waals surface area contributed by atoms with Crippen LogP contribution in [0.25, 0.3) is 0 Å². The molecule has 0 aliphatic heterocycles. The van der Waals surface area contributed by atoms with E-state index in [9.17, 15) is 18.0 Å². The van der Waals surface area contributed by atoms with Crippen LogP contribution in [0.2, 0.25) is 0 Å². The van der Waals surface area contributed by atoms with Gasteiger partial charge >= 0.3 is 5.97 Å². The van der Waals surface area contributed by atoms with Gasteiger partial charge in [-0.1, -0.05) is 13.8 Å². The third kappa shape index (κ3) is 5.45. The average molecular weight is 332 g/mol. The lowest BCUT2D eigenvalue weighted by Crippen LogP contribution is -2.46. The topological polar surface area (TPSA) is 130 Å². The van der Waals surface area contributed by atoms with Gasteiger partial charge < -0.3 is 10.4 Å². The van der Waals surface area contributed by atoms with E-state index in [2.05, 4.69) is 15.1 Å². The van der Waals surface area contributed by atoms with Gasteiger partial charge in [0.25, 0.3) is 0 Å². The number of aromatic nitrogens is 2. The minimum absolute atomic E-state index is 0.0697. The van der Waals surface area contributed by atoms with Gasteiger partial charge in [-0.2, -0.15) is 5.10 Å². The molecule has 124 valence electrons. The van der Waals surface area contributed by atoms with Crippen LogP contribution in [0, 0.1) is 5.92 Å². The number of rotatable bonds is 8. The van der Waals surface area contributed by atoms with Crippen LogP contribution < -0.4 is 10.0 Å². The lowest BCUT2D eigenvalue weighted by atomic mass is 10.0. The normalized spacial score (nSPS) is 13.1. The minimum atomic E-state index is -3.86. The predicted molar refractivity (Wildman–Crippen MR) is 77.4 cm³/mol. The predicted octanol–water partition coefficient (Wildman–Crippen LogP) is -0.686. The smallest absolute Gasteiger partial charge is 0.326 e. The first kappa shape index (κ1) is 18.1. The fourth-order valence-electron chi connectivity index (χ4n) is 1.72. The number of nitrogens with one attached hydrogen (secondary N) is 2. The molecular weight excluding hydrogens is 312 g/mol. The fraction of sp³-hybridized carbons (Fsp3) is 0.583. The number of amides is 1. The van der Waals surface area contributed by atoms with Gasteiger partial charge in [-0.25, -0.2) is 17.9 Å². The molecule has 1 rings (SSSR count). The van der Waals surface area contributed by atoms with E-state index in [-0.39, 0.29) is 17.2 Å². The Morgan fingerprint density at radius 2 is 2.05 bits per heavy atom. The highest BCUT2D eigenvalue weighted by Gasteiger charge is 2.22. The van der Waals surface area contributed by atoms with Crippen LogP contribution in [0.15, 0.2) is 17.3 Å². The summed E-state index contributed by atoms with van der Waals surface area (Å²) in [6, 6.07) is -1.05. The molecule has 1 amide bonds. The van der Waals surface area contributed by atoms with E-state index < -0.39 is 34.5 Å². The molecule has 3 N–H and O–H groups in total. The lowest BCUT2D eigenvalue weighted by Gasteiger charge is -2.16. The highest BCUT2D eigenvalue weighted by molar-refractivity contribution is 7.89. The quantitative estimate of drug-likeness (QED) is 0.578. The van der Waals surface area contributed by atoms with Gasteiger partial charge in [0.1, 0.15) is 10.9 Å². The maximum Gasteiger partial charge on any atom is 0.326 e. The van der Waals surface area contributed by atoms with Crippen LogP contribution in [0.5, 0.6) is 0 Å². The number of carboxylic acid groups (broad SMARTS) is 1. The summed E-state index contributed by atoms with van der Waals surface area (Å²) < 4.78 is 27.2. The molecule has 1 aromatic heterocycles. The van der Waals surface area contributed by atoms with E-state index in [1.165, 1.54) is 10.9 Å². The summed E-state index contributed by atoms with van der Waals surface area (Å²) in [7, 11) is -2.29. The highest BCUT2D eigenvalue weighted by atomic mass is 32.2. The van der Waals surface area contributed by atoms with Crippen LogP contribution in [0.3, 0.4) is 0 Å². The Bertz CT molecular complexity index is 638. The monoisotopic (exact) mass is 332 g/mol. The average Bonchev–Trinajstić information content (AvgIpc) is 2.82. The Morgan fingerprint density at radius 1 is 1.41 bits per heavy atom. The highest BCUT2D eigenvalue weighted by Crippen LogP contribution is 2.06. The van der Waals surface area contributed by atoms with Crippen molar-refractivity contribution in [3.05, 3.63) is 12.4 Å². The van der Waals surface area contributed by atoms with Gasteiger partial charge in [-0.15, -0.1) is 0 Å². The molecule has 1 heterocycles. The van der Waals surface area contributed by atoms with E-state index in [0.29, 0.717) is 0 Å². The third-order valence-electron chi connectivity index (χ3n) is 2.75. The number of sulfonamides is 1. The molecule has 0 spiro atoms. The Balaban J connectivity index is 2.60. The molecule has 0 aliphatic carbocycles. The maximum absolute atomic E-state index is 11.9. The standard InChI is InChI=1S/C12H20N4O5S/c1-8(2)4-10(12(18)19)15-11(17)6-14-22(20,21)9-5-13-16(3)7-9/h5,7-8,10,14H,4,6H2,1-3H3,(H,15,17)(H,18,19)/t10-/m1/s1. The van der Waals surface area contributed by atoms with Crippen molar-refractivity contribution in [3.8, 4) is 0 Å². The molecule has 0 radical (unpaired) electrons. The van der Waals surface area contributed by atoms with Crippen LogP contribution in [-0.4, -0.2) is 47.8 Å². The molecule has 1 aromatic rings. The zero-order valence-corrected chi connectivity index (χ0v) is 13.4. The molecule has 0 saturated heterocycles. The number of aliphatic carboxylic acids is 1. The molecule has 22 heavy (non-hydrogen) atoms. The van der Waals surface area contributed by atoms with Gasteiger partial charge in [0, 0.05) is 13.2 Å². The summed E-state index contributed by atoms with van der Waals surface area (Å²) in [4.78, 5) is 22.7. The maximum atomic E-state index is 11.9. The molecule has 0 bridgehead atoms. The lowest BCUT2D eigenvalue weighted by molar-refractivity contribution is -0.142. The molecule has 0 unspecified atom stereocenters. The van der Waals surface area contributed by atoms with Crippen molar-refractivity contribution in [2.24, 2.45) is 13.0 Å². The number of carbonyl (C=O) groups excluding carboxylic acids is 1. The van der Waals surface area contributed by atoms with Crippen molar-refractivity contribution in [2.75, 3.05) is 6.54 Å². The van der Waals surface area contributed by atoms with Crippen LogP contribution in [0.4, 0.5) is 0 Å². The SMILES string of the molecule is CC(C)C[C@@H](NC(=O)CNS(=O)(=O)c1cnn(C)c1)C(=O)O. The fourth-order valence-corrected chi connectivity index (χ4v) is 2.68. The Morgan fingerprint density at radius 3 is 2.50 bits per heavy atom. The number of nitrogens with zero attached hydrogens (tertiary/aromatic N) is 2. The molecule has 9 nitrogen and oxygen atoms in total. The van der Waals surface area contributed by atoms with Crippen molar-refractivity contribution >= 4 is 21.9 Å². The Labute approximate surface area is 128 Å². The molecule has 0 fully saturated rings. The summed E-state index contributed by atoms with van der Waals surface area (Å²) in [5.41, 5.74) is 0. The van der Waals surface area contributed by atoms with Crippen LogP contribution >= 0.6 is 0 Å². The first-order chi connectivity index (χ1) is 10.1. The Kier molecular flexibility index (Phi) is 6.06. The van der Waals surface area contributed by atoms with Crippen LogP contribution in [-0.2, 0) is 26.7 Å². The number of carbonyl (C=O) groups is 2. The molecule has 1 atom stereocenters. The van der Waals surface area contributed by atoms with Gasteiger partial charge in [0.05, 0.1) is 12.7 Å². The second kappa shape index (κ2) is 7.36. The van der Waals surface area contributed by atoms with Gasteiger partial charge in [-0.3, -0.25) is 9.48 Å². The van der Waals surface area contributed by atoms with E-state index in [0.717, 1.165) is 6.20 Å². The van der Waals surface area contributed by atoms with Gasteiger partial charge in [-0.05, 0) is 12.3 Å². The van der Waals surface area contributed by atoms with Crippen molar-refractivity contribution in [1.82, 2.24) is 19.8 Å². The number of aryl methyl sites for hydroxylation is 1. The first-order valence-corrected chi connectivity index (χ1v) is 8.10. The summed E-state index contributed by atoms with van der Waals surface area (Å²) in [6.07, 6.45) is 2.70. The number of hydrogen-bond donors (Lipinski definition) is 3. The number of hydrogen-bond acceptors (Lipinski definition) is 5. The van der Waals surface area contributed by atoms with E-state index >= 15 is 0 Å². The van der Waals surface area contributed by atoms with Gasteiger partial charge in [0.15, 0.2) is 0 Å². The van der Waals surface area contributed by atoms with Crippen molar-refractivity contribution in [3.63, 3.8) is 0 Å². The molecule has 10 heteroatoms. The minimum Gasteiger partial charge on any atom is -0.480 e. The van der Waals surface area contributed by atoms with Crippen molar-refractivity contribution in [1.29, 1.82) is 0 Å². The third-order valence-corrected chi connectivity index (χ3v) is 4.11. The first-order valence-electron chi connectivity index (χ1n) is 6.62. The molecule has 0 saturated carbocycles. The zero-order valence-electron chi connectivity index (χ0n) is 12.6. The summed E-state index contributed by atoms with van der Waals surface area (Å²) in [5, 5.41) is 15.0. The second-order valence-electron chi connectivity index (χ2n) is 5.26. The second-order valence-corrected chi connectivity index (χ2v) is 7.03. The van der Waals surface area contributed by atoms with Crippen molar-refractivity contribution < 1.29 is 23.1 Å². The van der Waals surface area contributed by atoms with E-state index in [4.69, 9.17) is 5.11 Å². The van der Waals surface area contributed by atoms with Gasteiger partial charge in [0.2, 0.25) is 15.9 Å². The number of carboxylic acids is 1. The molecule has 0 aliphatic rings. The van der Waals surface area contributed by atoms with E-state index in [1.807, 2.05) is 13.8 Å². The summed E-state index contributed by atoms with van der Waals surface area (Å²) in [5.74, 6) is -1.79. The molecular formula is C12H20N4O5S. The summed E-state index contributed by atoms with van der Waals surface area (Å²) in [6.45, 7) is 3.11. The van der Waals surface area contributed by atoms with Crippen LogP contribution in [0.1, 0.15) is 20.3 Å².